The van der Waals surface area contributed by atoms with Crippen molar-refractivity contribution >= 4 is 10.1 Å². The van der Waals surface area contributed by atoms with Crippen LogP contribution in [0, 0.1) is 13.8 Å². The van der Waals surface area contributed by atoms with Crippen LogP contribution in [-0.2, 0) is 20.8 Å². The van der Waals surface area contributed by atoms with Crippen LogP contribution in [0.5, 0.6) is 0 Å². The van der Waals surface area contributed by atoms with Crippen LogP contribution in [0.2, 0.25) is 0 Å². The lowest BCUT2D eigenvalue weighted by Gasteiger charge is -2.06. The molecular weight excluding hydrogens is 264 g/mol. The number of hydrogen-bond acceptors (Lipinski definition) is 4. The SMILES string of the molecule is Cc1ccc(S(=O)(=O)OCCn2cc(C)cn2)cc1. The molecule has 0 unspecified atom stereocenters. The van der Waals surface area contributed by atoms with Gasteiger partial charge in [0.05, 0.1) is 24.2 Å². The van der Waals surface area contributed by atoms with E-state index in [0.29, 0.717) is 6.54 Å². The molecule has 0 aliphatic carbocycles. The second kappa shape index (κ2) is 5.54. The van der Waals surface area contributed by atoms with Crippen molar-refractivity contribution in [1.82, 2.24) is 9.78 Å². The number of aromatic nitrogens is 2. The van der Waals surface area contributed by atoms with Gasteiger partial charge < -0.3 is 0 Å². The molecule has 1 aromatic carbocycles. The predicted octanol–water partition coefficient (Wildman–Crippen LogP) is 1.91. The van der Waals surface area contributed by atoms with E-state index in [-0.39, 0.29) is 11.5 Å². The molecule has 19 heavy (non-hydrogen) atoms. The van der Waals surface area contributed by atoms with Crippen molar-refractivity contribution < 1.29 is 12.6 Å². The first-order valence-corrected chi connectivity index (χ1v) is 7.33. The van der Waals surface area contributed by atoms with Crippen LogP contribution in [-0.4, -0.2) is 24.8 Å². The average Bonchev–Trinajstić information content (AvgIpc) is 2.75. The van der Waals surface area contributed by atoms with Crippen LogP contribution in [0.1, 0.15) is 11.1 Å². The molecule has 0 bridgehead atoms. The summed E-state index contributed by atoms with van der Waals surface area (Å²) < 4.78 is 30.4. The van der Waals surface area contributed by atoms with E-state index in [1.165, 1.54) is 0 Å². The number of aryl methyl sites for hydroxylation is 2. The molecular formula is C13H16N2O3S. The van der Waals surface area contributed by atoms with E-state index >= 15 is 0 Å². The molecule has 2 aromatic rings. The fourth-order valence-electron chi connectivity index (χ4n) is 1.60. The molecule has 0 atom stereocenters. The topological polar surface area (TPSA) is 61.2 Å². The Morgan fingerprint density at radius 2 is 1.84 bits per heavy atom. The van der Waals surface area contributed by atoms with E-state index < -0.39 is 10.1 Å². The first-order chi connectivity index (χ1) is 8.97. The van der Waals surface area contributed by atoms with Crippen molar-refractivity contribution in [3.63, 3.8) is 0 Å². The Kier molecular flexibility index (Phi) is 4.01. The van der Waals surface area contributed by atoms with Crippen molar-refractivity contribution in [3.8, 4) is 0 Å². The highest BCUT2D eigenvalue weighted by Crippen LogP contribution is 2.13. The summed E-state index contributed by atoms with van der Waals surface area (Å²) in [6.45, 7) is 4.29. The number of nitrogens with zero attached hydrogens (tertiary/aromatic N) is 2. The second-order valence-corrected chi connectivity index (χ2v) is 5.99. The van der Waals surface area contributed by atoms with Crippen LogP contribution in [0.4, 0.5) is 0 Å². The van der Waals surface area contributed by atoms with Gasteiger partial charge in [0.2, 0.25) is 0 Å². The van der Waals surface area contributed by atoms with Gasteiger partial charge in [-0.25, -0.2) is 0 Å². The Morgan fingerprint density at radius 1 is 1.16 bits per heavy atom. The molecule has 0 aliphatic heterocycles. The van der Waals surface area contributed by atoms with E-state index in [1.54, 1.807) is 35.1 Å². The molecule has 0 saturated heterocycles. The first-order valence-electron chi connectivity index (χ1n) is 5.92. The van der Waals surface area contributed by atoms with Gasteiger partial charge in [0.25, 0.3) is 10.1 Å². The smallest absolute Gasteiger partial charge is 0.270 e. The monoisotopic (exact) mass is 280 g/mol. The summed E-state index contributed by atoms with van der Waals surface area (Å²) in [6.07, 6.45) is 3.55. The molecule has 102 valence electrons. The molecule has 0 amide bonds. The number of benzene rings is 1. The van der Waals surface area contributed by atoms with Gasteiger partial charge in [-0.05, 0) is 31.5 Å². The fraction of sp³-hybridized carbons (Fsp3) is 0.308. The third kappa shape index (κ3) is 3.65. The normalized spacial score (nSPS) is 11.7. The number of hydrogen-bond donors (Lipinski definition) is 0. The predicted molar refractivity (Wildman–Crippen MR) is 71.3 cm³/mol. The Morgan fingerprint density at radius 3 is 2.42 bits per heavy atom. The van der Waals surface area contributed by atoms with Crippen LogP contribution < -0.4 is 0 Å². The third-order valence-electron chi connectivity index (χ3n) is 2.63. The van der Waals surface area contributed by atoms with E-state index in [1.807, 2.05) is 20.0 Å². The molecule has 0 aliphatic rings. The van der Waals surface area contributed by atoms with E-state index in [9.17, 15) is 8.42 Å². The van der Waals surface area contributed by atoms with E-state index in [2.05, 4.69) is 5.10 Å². The van der Waals surface area contributed by atoms with Gasteiger partial charge in [-0.1, -0.05) is 17.7 Å². The Bertz CT molecular complexity index is 645. The summed E-state index contributed by atoms with van der Waals surface area (Å²) in [6, 6.07) is 6.58. The van der Waals surface area contributed by atoms with E-state index in [4.69, 9.17) is 4.18 Å². The van der Waals surface area contributed by atoms with Crippen LogP contribution in [0.25, 0.3) is 0 Å². The summed E-state index contributed by atoms with van der Waals surface area (Å²) in [4.78, 5) is 0.176. The lowest BCUT2D eigenvalue weighted by Crippen LogP contribution is -2.12. The Hall–Kier alpha value is -1.66. The highest BCUT2D eigenvalue weighted by Gasteiger charge is 2.14. The maximum atomic E-state index is 11.9. The zero-order chi connectivity index (χ0) is 13.9. The van der Waals surface area contributed by atoms with Gasteiger partial charge in [-0.2, -0.15) is 13.5 Å². The summed E-state index contributed by atoms with van der Waals surface area (Å²) in [5.41, 5.74) is 2.03. The molecule has 5 nitrogen and oxygen atoms in total. The molecule has 0 radical (unpaired) electrons. The maximum absolute atomic E-state index is 11.9. The molecule has 1 heterocycles. The number of rotatable bonds is 5. The van der Waals surface area contributed by atoms with Gasteiger partial charge in [0, 0.05) is 6.20 Å². The maximum Gasteiger partial charge on any atom is 0.297 e. The van der Waals surface area contributed by atoms with Gasteiger partial charge in [-0.15, -0.1) is 0 Å². The van der Waals surface area contributed by atoms with Gasteiger partial charge in [0.15, 0.2) is 0 Å². The molecule has 0 spiro atoms. The average molecular weight is 280 g/mol. The van der Waals surface area contributed by atoms with Gasteiger partial charge in [-0.3, -0.25) is 8.86 Å². The summed E-state index contributed by atoms with van der Waals surface area (Å²) in [5, 5.41) is 4.06. The summed E-state index contributed by atoms with van der Waals surface area (Å²) in [7, 11) is -3.68. The highest BCUT2D eigenvalue weighted by atomic mass is 32.2. The van der Waals surface area contributed by atoms with Crippen molar-refractivity contribution in [1.29, 1.82) is 0 Å². The van der Waals surface area contributed by atoms with Crippen LogP contribution in [0.3, 0.4) is 0 Å². The summed E-state index contributed by atoms with van der Waals surface area (Å²) in [5.74, 6) is 0. The largest absolute Gasteiger partial charge is 0.297 e. The molecule has 2 rings (SSSR count). The lowest BCUT2D eigenvalue weighted by molar-refractivity contribution is 0.294. The quantitative estimate of drug-likeness (QED) is 0.785. The fourth-order valence-corrected chi connectivity index (χ4v) is 2.50. The van der Waals surface area contributed by atoms with Crippen molar-refractivity contribution in [2.45, 2.75) is 25.3 Å². The summed E-state index contributed by atoms with van der Waals surface area (Å²) >= 11 is 0. The van der Waals surface area contributed by atoms with Gasteiger partial charge in [0.1, 0.15) is 0 Å². The van der Waals surface area contributed by atoms with E-state index in [0.717, 1.165) is 11.1 Å². The van der Waals surface area contributed by atoms with Crippen molar-refractivity contribution in [2.24, 2.45) is 0 Å². The van der Waals surface area contributed by atoms with Crippen molar-refractivity contribution in [3.05, 3.63) is 47.8 Å². The van der Waals surface area contributed by atoms with Gasteiger partial charge >= 0.3 is 0 Å². The second-order valence-electron chi connectivity index (χ2n) is 4.37. The molecule has 0 fully saturated rings. The first kappa shape index (κ1) is 13.8. The highest BCUT2D eigenvalue weighted by molar-refractivity contribution is 7.86. The van der Waals surface area contributed by atoms with Crippen LogP contribution in [0.15, 0.2) is 41.6 Å². The zero-order valence-electron chi connectivity index (χ0n) is 10.9. The molecule has 0 N–H and O–H groups in total. The molecule has 0 saturated carbocycles. The minimum Gasteiger partial charge on any atom is -0.270 e. The Balaban J connectivity index is 1.96. The third-order valence-corrected chi connectivity index (χ3v) is 3.96. The Labute approximate surface area is 113 Å². The zero-order valence-corrected chi connectivity index (χ0v) is 11.7. The van der Waals surface area contributed by atoms with Crippen molar-refractivity contribution in [2.75, 3.05) is 6.61 Å². The standard InChI is InChI=1S/C13H16N2O3S/c1-11-3-5-13(6-4-11)19(16,17)18-8-7-15-10-12(2)9-14-15/h3-6,9-10H,7-8H2,1-2H3. The molecule has 1 aromatic heterocycles. The minimum absolute atomic E-state index is 0.0668. The lowest BCUT2D eigenvalue weighted by atomic mass is 10.2. The minimum atomic E-state index is -3.68. The van der Waals surface area contributed by atoms with Crippen LogP contribution >= 0.6 is 0 Å². The molecule has 6 heteroatoms.